The molecule has 0 spiro atoms. The van der Waals surface area contributed by atoms with E-state index in [0.717, 1.165) is 17.1 Å². The van der Waals surface area contributed by atoms with Crippen LogP contribution in [-0.2, 0) is 11.2 Å². The molecule has 1 aromatic carbocycles. The molecule has 1 aliphatic rings. The van der Waals surface area contributed by atoms with Crippen LogP contribution < -0.4 is 10.1 Å². The third kappa shape index (κ3) is 3.77. The first-order valence-corrected chi connectivity index (χ1v) is 9.13. The summed E-state index contributed by atoms with van der Waals surface area (Å²) in [7, 11) is 1.60. The molecule has 146 valence electrons. The Kier molecular flexibility index (Phi) is 5.12. The van der Waals surface area contributed by atoms with E-state index in [1.165, 1.54) is 0 Å². The summed E-state index contributed by atoms with van der Waals surface area (Å²) in [6.45, 7) is 2.94. The Hall–Kier alpha value is -3.13. The Balaban J connectivity index is 1.44. The van der Waals surface area contributed by atoms with Crippen molar-refractivity contribution in [1.82, 2.24) is 20.3 Å². The van der Waals surface area contributed by atoms with Crippen LogP contribution in [0.4, 0.5) is 0 Å². The summed E-state index contributed by atoms with van der Waals surface area (Å²) >= 11 is 0. The molecule has 3 heterocycles. The summed E-state index contributed by atoms with van der Waals surface area (Å²) in [5.74, 6) is 1.44. The lowest BCUT2D eigenvalue weighted by atomic mass is 9.98. The molecule has 2 aromatic heterocycles. The van der Waals surface area contributed by atoms with Gasteiger partial charge in [0.05, 0.1) is 43.8 Å². The van der Waals surface area contributed by atoms with Crippen molar-refractivity contribution in [3.63, 3.8) is 0 Å². The van der Waals surface area contributed by atoms with Gasteiger partial charge in [0.25, 0.3) is 5.91 Å². The van der Waals surface area contributed by atoms with Gasteiger partial charge in [0.2, 0.25) is 0 Å². The van der Waals surface area contributed by atoms with Crippen molar-refractivity contribution in [3.05, 3.63) is 59.7 Å². The topological polar surface area (TPSA) is 91.4 Å². The highest BCUT2D eigenvalue weighted by molar-refractivity contribution is 5.94. The molecule has 0 radical (unpaired) electrons. The molecule has 1 aliphatic heterocycles. The second kappa shape index (κ2) is 7.85. The lowest BCUT2D eigenvalue weighted by molar-refractivity contribution is 0.0924. The predicted molar refractivity (Wildman–Crippen MR) is 101 cm³/mol. The van der Waals surface area contributed by atoms with Crippen LogP contribution in [0, 0.1) is 12.8 Å². The zero-order valence-corrected chi connectivity index (χ0v) is 15.8. The fraction of sp³-hybridized carbons (Fsp3) is 0.350. The molecular weight excluding hydrogens is 360 g/mol. The van der Waals surface area contributed by atoms with Crippen LogP contribution in [0.15, 0.2) is 47.2 Å². The van der Waals surface area contributed by atoms with Gasteiger partial charge >= 0.3 is 0 Å². The molecule has 8 heteroatoms. The van der Waals surface area contributed by atoms with Crippen LogP contribution in [-0.4, -0.2) is 47.2 Å². The minimum Gasteiger partial charge on any atom is -0.494 e. The molecule has 1 N–H and O–H groups in total. The van der Waals surface area contributed by atoms with E-state index in [1.54, 1.807) is 24.2 Å². The zero-order valence-electron chi connectivity index (χ0n) is 15.8. The molecule has 8 nitrogen and oxygen atoms in total. The lowest BCUT2D eigenvalue weighted by Gasteiger charge is -2.17. The highest BCUT2D eigenvalue weighted by atomic mass is 16.5. The van der Waals surface area contributed by atoms with Gasteiger partial charge in [-0.1, -0.05) is 17.3 Å². The molecule has 0 saturated carbocycles. The number of nitrogens with one attached hydrogen (secondary N) is 1. The maximum Gasteiger partial charge on any atom is 0.254 e. The average molecular weight is 382 g/mol. The number of ether oxygens (including phenoxy) is 2. The van der Waals surface area contributed by atoms with Crippen molar-refractivity contribution >= 4 is 5.91 Å². The van der Waals surface area contributed by atoms with Crippen molar-refractivity contribution in [2.24, 2.45) is 5.92 Å². The molecule has 0 aliphatic carbocycles. The van der Waals surface area contributed by atoms with Crippen LogP contribution in [0.25, 0.3) is 5.69 Å². The van der Waals surface area contributed by atoms with Crippen LogP contribution in [0.5, 0.6) is 5.75 Å². The summed E-state index contributed by atoms with van der Waals surface area (Å²) in [4.78, 5) is 12.7. The Morgan fingerprint density at radius 2 is 2.21 bits per heavy atom. The molecule has 28 heavy (non-hydrogen) atoms. The maximum absolute atomic E-state index is 12.7. The van der Waals surface area contributed by atoms with E-state index >= 15 is 0 Å². The molecular formula is C20H22N4O4. The Labute approximate surface area is 162 Å². The quantitative estimate of drug-likeness (QED) is 0.703. The smallest absolute Gasteiger partial charge is 0.254 e. The van der Waals surface area contributed by atoms with Crippen LogP contribution >= 0.6 is 0 Å². The van der Waals surface area contributed by atoms with E-state index in [1.807, 2.05) is 37.3 Å². The number of carbonyl (C=O) groups excluding carboxylic acids is 1. The van der Waals surface area contributed by atoms with E-state index in [0.29, 0.717) is 30.9 Å². The van der Waals surface area contributed by atoms with Crippen LogP contribution in [0.1, 0.15) is 21.8 Å². The maximum atomic E-state index is 12.7. The number of hydrogen-bond acceptors (Lipinski definition) is 6. The number of aromatic nitrogens is 3. The Morgan fingerprint density at radius 3 is 3.00 bits per heavy atom. The van der Waals surface area contributed by atoms with Crippen molar-refractivity contribution in [1.29, 1.82) is 0 Å². The number of carbonyl (C=O) groups is 1. The zero-order chi connectivity index (χ0) is 19.5. The van der Waals surface area contributed by atoms with Crippen LogP contribution in [0.2, 0.25) is 0 Å². The number of methoxy groups -OCH3 is 1. The number of rotatable bonds is 6. The first-order chi connectivity index (χ1) is 13.6. The summed E-state index contributed by atoms with van der Waals surface area (Å²) in [6.07, 6.45) is 3.91. The summed E-state index contributed by atoms with van der Waals surface area (Å²) in [5.41, 5.74) is 2.09. The second-order valence-electron chi connectivity index (χ2n) is 6.86. The van der Waals surface area contributed by atoms with Crippen molar-refractivity contribution in [2.45, 2.75) is 19.4 Å². The lowest BCUT2D eigenvalue weighted by Crippen LogP contribution is -2.40. The van der Waals surface area contributed by atoms with Gasteiger partial charge in [0, 0.05) is 24.6 Å². The molecule has 1 saturated heterocycles. The molecule has 1 amide bonds. The first kappa shape index (κ1) is 18.2. The number of hydrogen-bond donors (Lipinski definition) is 1. The van der Waals surface area contributed by atoms with Gasteiger partial charge in [0.15, 0.2) is 0 Å². The Bertz CT molecular complexity index is 965. The van der Waals surface area contributed by atoms with Crippen molar-refractivity contribution in [3.8, 4) is 11.4 Å². The third-order valence-electron chi connectivity index (χ3n) is 4.83. The standard InChI is InChI=1S/C20H22N4O4/c1-13-7-16(28-23-13)8-14-11-27-12-17(14)22-20(25)15-9-21-24(10-15)18-5-3-4-6-19(18)26-2/h3-7,9-10,14,17H,8,11-12H2,1-2H3,(H,22,25). The van der Waals surface area contributed by atoms with Gasteiger partial charge in [-0.05, 0) is 19.1 Å². The van der Waals surface area contributed by atoms with Gasteiger partial charge < -0.3 is 19.3 Å². The number of nitrogens with zero attached hydrogens (tertiary/aromatic N) is 3. The minimum absolute atomic E-state index is 0.0903. The summed E-state index contributed by atoms with van der Waals surface area (Å²) < 4.78 is 17.9. The Morgan fingerprint density at radius 1 is 1.36 bits per heavy atom. The minimum atomic E-state index is -0.185. The van der Waals surface area contributed by atoms with Gasteiger partial charge in [0.1, 0.15) is 17.2 Å². The normalized spacial score (nSPS) is 18.9. The van der Waals surface area contributed by atoms with Gasteiger partial charge in [-0.2, -0.15) is 5.10 Å². The highest BCUT2D eigenvalue weighted by Gasteiger charge is 2.31. The molecule has 2 unspecified atom stereocenters. The largest absolute Gasteiger partial charge is 0.494 e. The SMILES string of the molecule is COc1ccccc1-n1cc(C(=O)NC2COCC2Cc2cc(C)no2)cn1. The first-order valence-electron chi connectivity index (χ1n) is 9.13. The molecule has 0 bridgehead atoms. The highest BCUT2D eigenvalue weighted by Crippen LogP contribution is 2.22. The number of aryl methyl sites for hydroxylation is 1. The van der Waals surface area contributed by atoms with Gasteiger partial charge in [-0.25, -0.2) is 4.68 Å². The van der Waals surface area contributed by atoms with Crippen molar-refractivity contribution in [2.75, 3.05) is 20.3 Å². The van der Waals surface area contributed by atoms with E-state index < -0.39 is 0 Å². The van der Waals surface area contributed by atoms with Gasteiger partial charge in [-0.15, -0.1) is 0 Å². The fourth-order valence-electron chi connectivity index (χ4n) is 3.37. The second-order valence-corrected chi connectivity index (χ2v) is 6.86. The fourth-order valence-corrected chi connectivity index (χ4v) is 3.37. The molecule has 4 rings (SSSR count). The van der Waals surface area contributed by atoms with E-state index in [-0.39, 0.29) is 17.9 Å². The van der Waals surface area contributed by atoms with E-state index in [2.05, 4.69) is 15.6 Å². The molecule has 2 atom stereocenters. The summed E-state index contributed by atoms with van der Waals surface area (Å²) in [6, 6.07) is 9.33. The summed E-state index contributed by atoms with van der Waals surface area (Å²) in [5, 5.41) is 11.3. The predicted octanol–water partition coefficient (Wildman–Crippen LogP) is 2.16. The molecule has 1 fully saturated rings. The monoisotopic (exact) mass is 382 g/mol. The van der Waals surface area contributed by atoms with Gasteiger partial charge in [-0.3, -0.25) is 4.79 Å². The third-order valence-corrected chi connectivity index (χ3v) is 4.83. The number of amides is 1. The van der Waals surface area contributed by atoms with E-state index in [9.17, 15) is 4.79 Å². The number of para-hydroxylation sites is 2. The van der Waals surface area contributed by atoms with Crippen molar-refractivity contribution < 1.29 is 18.8 Å². The number of benzene rings is 1. The molecule has 3 aromatic rings. The average Bonchev–Trinajstić information content (AvgIpc) is 3.44. The van der Waals surface area contributed by atoms with Crippen LogP contribution in [0.3, 0.4) is 0 Å². The van der Waals surface area contributed by atoms with E-state index in [4.69, 9.17) is 14.0 Å².